The van der Waals surface area contributed by atoms with Crippen LogP contribution in [0.5, 0.6) is 5.75 Å². The monoisotopic (exact) mass is 279 g/mol. The standard InChI is InChI=1S/C14H21N3O3/c1-4-9(2)12(17-14(15)19)13(18)16-10-5-7-11(20-3)8-6-10/h5-9,12H,4H2,1-3H3,(H,16,18)(H3,15,17,19)/t9-,12+/m0/s1. The van der Waals surface area contributed by atoms with Crippen LogP contribution in [0.15, 0.2) is 24.3 Å². The van der Waals surface area contributed by atoms with Crippen LogP contribution in [0.1, 0.15) is 20.3 Å². The molecule has 1 aromatic carbocycles. The summed E-state index contributed by atoms with van der Waals surface area (Å²) < 4.78 is 5.04. The summed E-state index contributed by atoms with van der Waals surface area (Å²) >= 11 is 0. The van der Waals surface area contributed by atoms with Gasteiger partial charge in [0.2, 0.25) is 5.91 Å². The minimum absolute atomic E-state index is 0.0132. The normalized spacial score (nSPS) is 13.2. The first-order valence-corrected chi connectivity index (χ1v) is 6.48. The van der Waals surface area contributed by atoms with E-state index in [9.17, 15) is 9.59 Å². The Labute approximate surface area is 118 Å². The summed E-state index contributed by atoms with van der Waals surface area (Å²) in [5.41, 5.74) is 5.74. The molecule has 3 amide bonds. The first kappa shape index (κ1) is 15.8. The van der Waals surface area contributed by atoms with Gasteiger partial charge in [-0.25, -0.2) is 4.79 Å². The number of methoxy groups -OCH3 is 1. The number of hydrogen-bond donors (Lipinski definition) is 3. The lowest BCUT2D eigenvalue weighted by Gasteiger charge is -2.22. The maximum absolute atomic E-state index is 12.2. The Morgan fingerprint density at radius 2 is 1.90 bits per heavy atom. The van der Waals surface area contributed by atoms with Crippen molar-refractivity contribution in [3.63, 3.8) is 0 Å². The number of hydrogen-bond acceptors (Lipinski definition) is 3. The van der Waals surface area contributed by atoms with Gasteiger partial charge in [0.25, 0.3) is 0 Å². The minimum Gasteiger partial charge on any atom is -0.497 e. The van der Waals surface area contributed by atoms with E-state index in [4.69, 9.17) is 10.5 Å². The van der Waals surface area contributed by atoms with E-state index in [1.807, 2.05) is 13.8 Å². The highest BCUT2D eigenvalue weighted by atomic mass is 16.5. The van der Waals surface area contributed by atoms with Gasteiger partial charge in [-0.1, -0.05) is 20.3 Å². The van der Waals surface area contributed by atoms with E-state index in [1.165, 1.54) is 0 Å². The van der Waals surface area contributed by atoms with Crippen LogP contribution in [-0.4, -0.2) is 25.1 Å². The van der Waals surface area contributed by atoms with Gasteiger partial charge in [0.05, 0.1) is 7.11 Å². The highest BCUT2D eigenvalue weighted by Crippen LogP contribution is 2.16. The first-order valence-electron chi connectivity index (χ1n) is 6.48. The molecule has 0 spiro atoms. The average molecular weight is 279 g/mol. The zero-order valence-corrected chi connectivity index (χ0v) is 12.0. The molecule has 0 radical (unpaired) electrons. The Balaban J connectivity index is 2.76. The number of ether oxygens (including phenoxy) is 1. The van der Waals surface area contributed by atoms with E-state index in [2.05, 4.69) is 10.6 Å². The summed E-state index contributed by atoms with van der Waals surface area (Å²) in [6.07, 6.45) is 0.751. The molecule has 6 heteroatoms. The molecular formula is C14H21N3O3. The summed E-state index contributed by atoms with van der Waals surface area (Å²) in [5, 5.41) is 5.22. The molecule has 2 atom stereocenters. The molecule has 0 unspecified atom stereocenters. The number of anilines is 1. The fourth-order valence-electron chi connectivity index (χ4n) is 1.75. The number of amides is 3. The van der Waals surface area contributed by atoms with Crippen molar-refractivity contribution in [2.45, 2.75) is 26.3 Å². The van der Waals surface area contributed by atoms with Crippen molar-refractivity contribution in [1.82, 2.24) is 5.32 Å². The van der Waals surface area contributed by atoms with Gasteiger partial charge in [-0.05, 0) is 30.2 Å². The highest BCUT2D eigenvalue weighted by Gasteiger charge is 2.25. The van der Waals surface area contributed by atoms with Crippen molar-refractivity contribution < 1.29 is 14.3 Å². The second-order valence-corrected chi connectivity index (χ2v) is 4.59. The lowest BCUT2D eigenvalue weighted by atomic mass is 9.98. The van der Waals surface area contributed by atoms with Crippen LogP contribution in [0.2, 0.25) is 0 Å². The number of carbonyl (C=O) groups is 2. The van der Waals surface area contributed by atoms with Gasteiger partial charge >= 0.3 is 6.03 Å². The molecule has 0 saturated carbocycles. The third-order valence-corrected chi connectivity index (χ3v) is 3.15. The van der Waals surface area contributed by atoms with Crippen LogP contribution in [0.25, 0.3) is 0 Å². The van der Waals surface area contributed by atoms with Crippen LogP contribution < -0.4 is 21.1 Å². The Morgan fingerprint density at radius 3 is 2.35 bits per heavy atom. The Kier molecular flexibility index (Phi) is 5.83. The van der Waals surface area contributed by atoms with E-state index >= 15 is 0 Å². The second kappa shape index (κ2) is 7.37. The molecule has 0 bridgehead atoms. The number of nitrogens with two attached hydrogens (primary N) is 1. The minimum atomic E-state index is -0.708. The molecule has 6 nitrogen and oxygen atoms in total. The summed E-state index contributed by atoms with van der Waals surface area (Å²) in [6.45, 7) is 3.83. The number of primary amides is 1. The van der Waals surface area contributed by atoms with Crippen molar-refractivity contribution >= 4 is 17.6 Å². The topological polar surface area (TPSA) is 93.5 Å². The molecule has 0 aliphatic rings. The van der Waals surface area contributed by atoms with E-state index in [0.717, 1.165) is 6.42 Å². The quantitative estimate of drug-likeness (QED) is 0.740. The van der Waals surface area contributed by atoms with Crippen molar-refractivity contribution in [1.29, 1.82) is 0 Å². The second-order valence-electron chi connectivity index (χ2n) is 4.59. The van der Waals surface area contributed by atoms with E-state index < -0.39 is 12.1 Å². The highest BCUT2D eigenvalue weighted by molar-refractivity contribution is 5.97. The number of rotatable bonds is 6. The summed E-state index contributed by atoms with van der Waals surface area (Å²) in [4.78, 5) is 23.2. The number of carbonyl (C=O) groups excluding carboxylic acids is 2. The van der Waals surface area contributed by atoms with Gasteiger partial charge in [-0.3, -0.25) is 4.79 Å². The molecule has 0 saturated heterocycles. The van der Waals surface area contributed by atoms with Crippen LogP contribution in [0, 0.1) is 5.92 Å². The molecule has 110 valence electrons. The molecule has 0 aliphatic carbocycles. The van der Waals surface area contributed by atoms with Crippen LogP contribution in [0.4, 0.5) is 10.5 Å². The molecule has 0 aliphatic heterocycles. The molecule has 0 aromatic heterocycles. The Morgan fingerprint density at radius 1 is 1.30 bits per heavy atom. The predicted octanol–water partition coefficient (Wildman–Crippen LogP) is 1.72. The molecule has 20 heavy (non-hydrogen) atoms. The molecule has 1 rings (SSSR count). The number of nitrogens with one attached hydrogen (secondary N) is 2. The first-order chi connectivity index (χ1) is 9.47. The molecular weight excluding hydrogens is 258 g/mol. The molecule has 0 fully saturated rings. The van der Waals surface area contributed by atoms with Crippen LogP contribution >= 0.6 is 0 Å². The SMILES string of the molecule is CC[C@H](C)[C@@H](NC(N)=O)C(=O)Nc1ccc(OC)cc1. The smallest absolute Gasteiger partial charge is 0.312 e. The van der Waals surface area contributed by atoms with Gasteiger partial charge in [0.1, 0.15) is 11.8 Å². The third-order valence-electron chi connectivity index (χ3n) is 3.15. The summed E-state index contributed by atoms with van der Waals surface area (Å²) in [5.74, 6) is 0.404. The lowest BCUT2D eigenvalue weighted by molar-refractivity contribution is -0.119. The zero-order valence-electron chi connectivity index (χ0n) is 12.0. The van der Waals surface area contributed by atoms with Crippen molar-refractivity contribution in [2.24, 2.45) is 11.7 Å². The van der Waals surface area contributed by atoms with E-state index in [-0.39, 0.29) is 11.8 Å². The zero-order chi connectivity index (χ0) is 15.1. The van der Waals surface area contributed by atoms with E-state index in [1.54, 1.807) is 31.4 Å². The fraction of sp³-hybridized carbons (Fsp3) is 0.429. The van der Waals surface area contributed by atoms with Gasteiger partial charge in [-0.2, -0.15) is 0 Å². The Hall–Kier alpha value is -2.24. The fourth-order valence-corrected chi connectivity index (χ4v) is 1.75. The Bertz CT molecular complexity index is 459. The average Bonchev–Trinajstić information content (AvgIpc) is 2.44. The summed E-state index contributed by atoms with van der Waals surface area (Å²) in [6, 6.07) is 5.59. The maximum atomic E-state index is 12.2. The molecule has 1 aromatic rings. The van der Waals surface area contributed by atoms with E-state index in [0.29, 0.717) is 11.4 Å². The third kappa shape index (κ3) is 4.46. The largest absolute Gasteiger partial charge is 0.497 e. The number of benzene rings is 1. The van der Waals surface area contributed by atoms with Gasteiger partial charge in [0.15, 0.2) is 0 Å². The molecule has 4 N–H and O–H groups in total. The predicted molar refractivity (Wildman–Crippen MR) is 77.6 cm³/mol. The maximum Gasteiger partial charge on any atom is 0.312 e. The van der Waals surface area contributed by atoms with Crippen molar-refractivity contribution in [3.05, 3.63) is 24.3 Å². The van der Waals surface area contributed by atoms with Crippen molar-refractivity contribution in [2.75, 3.05) is 12.4 Å². The van der Waals surface area contributed by atoms with Gasteiger partial charge < -0.3 is 21.1 Å². The van der Waals surface area contributed by atoms with Crippen LogP contribution in [-0.2, 0) is 4.79 Å². The van der Waals surface area contributed by atoms with Crippen LogP contribution in [0.3, 0.4) is 0 Å². The number of urea groups is 1. The van der Waals surface area contributed by atoms with Gasteiger partial charge in [0, 0.05) is 5.69 Å². The van der Waals surface area contributed by atoms with Gasteiger partial charge in [-0.15, -0.1) is 0 Å². The molecule has 0 heterocycles. The lowest BCUT2D eigenvalue weighted by Crippen LogP contribution is -2.49. The summed E-state index contributed by atoms with van der Waals surface area (Å²) in [7, 11) is 1.57. The van der Waals surface area contributed by atoms with Crippen molar-refractivity contribution in [3.8, 4) is 5.75 Å².